The third-order valence-electron chi connectivity index (χ3n) is 3.72. The zero-order valence-electron chi connectivity index (χ0n) is 13.7. The number of benzene rings is 3. The minimum Gasteiger partial charge on any atom is -0.496 e. The Morgan fingerprint density at radius 1 is 0.958 bits per heavy atom. The highest BCUT2D eigenvalue weighted by molar-refractivity contribution is 5.90. The summed E-state index contributed by atoms with van der Waals surface area (Å²) in [6.07, 6.45) is 3.11. The van der Waals surface area contributed by atoms with E-state index in [9.17, 15) is 4.79 Å². The number of rotatable bonds is 4. The molecule has 3 aromatic carbocycles. The highest BCUT2D eigenvalue weighted by Gasteiger charge is 2.04. The molecule has 3 heteroatoms. The Morgan fingerprint density at radius 3 is 2.54 bits per heavy atom. The highest BCUT2D eigenvalue weighted by Crippen LogP contribution is 2.22. The molecule has 0 aliphatic heterocycles. The largest absolute Gasteiger partial charge is 0.496 e. The molecule has 0 saturated heterocycles. The SMILES string of the molecule is COc1ccc(C)cc1/C=C/C(=O)Oc1ccc2ccccc2c1. The van der Waals surface area contributed by atoms with Crippen molar-refractivity contribution < 1.29 is 14.3 Å². The second-order valence-corrected chi connectivity index (χ2v) is 5.51. The average molecular weight is 318 g/mol. The normalized spacial score (nSPS) is 10.9. The van der Waals surface area contributed by atoms with Gasteiger partial charge in [0.15, 0.2) is 0 Å². The summed E-state index contributed by atoms with van der Waals surface area (Å²) >= 11 is 0. The highest BCUT2D eigenvalue weighted by atomic mass is 16.5. The molecule has 24 heavy (non-hydrogen) atoms. The van der Waals surface area contributed by atoms with Crippen molar-refractivity contribution in [3.05, 3.63) is 77.9 Å². The number of hydrogen-bond donors (Lipinski definition) is 0. The van der Waals surface area contributed by atoms with Crippen molar-refractivity contribution in [3.63, 3.8) is 0 Å². The first-order valence-corrected chi connectivity index (χ1v) is 7.69. The lowest BCUT2D eigenvalue weighted by atomic mass is 10.1. The quantitative estimate of drug-likeness (QED) is 0.395. The number of carbonyl (C=O) groups is 1. The number of esters is 1. The van der Waals surface area contributed by atoms with Crippen LogP contribution in [0.5, 0.6) is 11.5 Å². The van der Waals surface area contributed by atoms with Gasteiger partial charge in [0.05, 0.1) is 7.11 Å². The lowest BCUT2D eigenvalue weighted by molar-refractivity contribution is -0.128. The summed E-state index contributed by atoms with van der Waals surface area (Å²) in [5, 5.41) is 2.14. The third kappa shape index (κ3) is 3.63. The Bertz CT molecular complexity index is 910. The minimum atomic E-state index is -0.422. The predicted molar refractivity (Wildman–Crippen MR) is 96.3 cm³/mol. The van der Waals surface area contributed by atoms with E-state index >= 15 is 0 Å². The van der Waals surface area contributed by atoms with E-state index in [0.29, 0.717) is 5.75 Å². The first-order valence-electron chi connectivity index (χ1n) is 7.69. The molecule has 0 heterocycles. The van der Waals surface area contributed by atoms with E-state index < -0.39 is 5.97 Å². The lowest BCUT2D eigenvalue weighted by Gasteiger charge is -2.06. The van der Waals surface area contributed by atoms with Crippen LogP contribution in [0.1, 0.15) is 11.1 Å². The maximum absolute atomic E-state index is 12.1. The molecule has 0 amide bonds. The predicted octanol–water partition coefficient (Wildman–Crippen LogP) is 4.78. The van der Waals surface area contributed by atoms with Crippen molar-refractivity contribution in [2.24, 2.45) is 0 Å². The Hall–Kier alpha value is -3.07. The van der Waals surface area contributed by atoms with Crippen LogP contribution in [-0.4, -0.2) is 13.1 Å². The van der Waals surface area contributed by atoms with Crippen molar-refractivity contribution in [3.8, 4) is 11.5 Å². The van der Waals surface area contributed by atoms with Crippen molar-refractivity contribution >= 4 is 22.8 Å². The van der Waals surface area contributed by atoms with Gasteiger partial charge in [0, 0.05) is 11.6 Å². The minimum absolute atomic E-state index is 0.422. The van der Waals surface area contributed by atoms with Crippen LogP contribution in [0, 0.1) is 6.92 Å². The molecule has 3 aromatic rings. The molecular weight excluding hydrogens is 300 g/mol. The summed E-state index contributed by atoms with van der Waals surface area (Å²) in [5.41, 5.74) is 1.94. The van der Waals surface area contributed by atoms with Crippen LogP contribution < -0.4 is 9.47 Å². The number of aryl methyl sites for hydroxylation is 1. The zero-order valence-corrected chi connectivity index (χ0v) is 13.7. The van der Waals surface area contributed by atoms with Crippen molar-refractivity contribution in [1.29, 1.82) is 0 Å². The van der Waals surface area contributed by atoms with Gasteiger partial charge in [-0.1, -0.05) is 42.0 Å². The molecule has 0 atom stereocenters. The molecule has 3 rings (SSSR count). The second kappa shape index (κ2) is 7.01. The van der Waals surface area contributed by atoms with Gasteiger partial charge in [0.2, 0.25) is 0 Å². The maximum Gasteiger partial charge on any atom is 0.336 e. The van der Waals surface area contributed by atoms with Crippen LogP contribution in [0.4, 0.5) is 0 Å². The van der Waals surface area contributed by atoms with Gasteiger partial charge in [0.25, 0.3) is 0 Å². The van der Waals surface area contributed by atoms with E-state index in [2.05, 4.69) is 0 Å². The summed E-state index contributed by atoms with van der Waals surface area (Å²) < 4.78 is 10.7. The van der Waals surface area contributed by atoms with Crippen LogP contribution >= 0.6 is 0 Å². The summed E-state index contributed by atoms with van der Waals surface area (Å²) in [6.45, 7) is 1.99. The Morgan fingerprint density at radius 2 is 1.75 bits per heavy atom. The van der Waals surface area contributed by atoms with Gasteiger partial charge >= 0.3 is 5.97 Å². The van der Waals surface area contributed by atoms with Gasteiger partial charge in [-0.3, -0.25) is 0 Å². The summed E-state index contributed by atoms with van der Waals surface area (Å²) in [7, 11) is 1.61. The van der Waals surface area contributed by atoms with Crippen LogP contribution in [0.2, 0.25) is 0 Å². The van der Waals surface area contributed by atoms with Gasteiger partial charge in [0.1, 0.15) is 11.5 Å². The van der Waals surface area contributed by atoms with E-state index in [-0.39, 0.29) is 0 Å². The standard InChI is InChI=1S/C21H18O3/c1-15-7-11-20(23-2)18(13-15)9-12-21(22)24-19-10-8-16-5-3-4-6-17(16)14-19/h3-14H,1-2H3/b12-9+. The number of methoxy groups -OCH3 is 1. The number of fused-ring (bicyclic) bond motifs is 1. The molecule has 0 aliphatic carbocycles. The van der Waals surface area contributed by atoms with Crippen molar-refractivity contribution in [2.75, 3.05) is 7.11 Å². The van der Waals surface area contributed by atoms with Crippen LogP contribution in [0.25, 0.3) is 16.8 Å². The van der Waals surface area contributed by atoms with E-state index in [4.69, 9.17) is 9.47 Å². The summed E-state index contributed by atoms with van der Waals surface area (Å²) in [6, 6.07) is 19.3. The van der Waals surface area contributed by atoms with Gasteiger partial charge in [-0.05, 0) is 48.0 Å². The molecule has 0 aliphatic rings. The Labute approximate surface area is 141 Å². The molecule has 0 saturated carbocycles. The smallest absolute Gasteiger partial charge is 0.336 e. The molecule has 120 valence electrons. The van der Waals surface area contributed by atoms with E-state index in [1.165, 1.54) is 6.08 Å². The summed E-state index contributed by atoms with van der Waals surface area (Å²) in [5.74, 6) is 0.823. The van der Waals surface area contributed by atoms with Crippen LogP contribution in [0.15, 0.2) is 66.7 Å². The van der Waals surface area contributed by atoms with Crippen molar-refractivity contribution in [2.45, 2.75) is 6.92 Å². The molecule has 0 N–H and O–H groups in total. The zero-order chi connectivity index (χ0) is 16.9. The molecule has 0 radical (unpaired) electrons. The fourth-order valence-electron chi connectivity index (χ4n) is 2.52. The van der Waals surface area contributed by atoms with E-state index in [0.717, 1.165) is 27.6 Å². The molecule has 0 spiro atoms. The Balaban J connectivity index is 1.76. The maximum atomic E-state index is 12.1. The van der Waals surface area contributed by atoms with Gasteiger partial charge in [-0.25, -0.2) is 4.79 Å². The lowest BCUT2D eigenvalue weighted by Crippen LogP contribution is -2.03. The van der Waals surface area contributed by atoms with E-state index in [1.54, 1.807) is 19.3 Å². The summed E-state index contributed by atoms with van der Waals surface area (Å²) in [4.78, 5) is 12.1. The average Bonchev–Trinajstić information content (AvgIpc) is 2.60. The van der Waals surface area contributed by atoms with Gasteiger partial charge in [-0.2, -0.15) is 0 Å². The Kier molecular flexibility index (Phi) is 4.62. The monoisotopic (exact) mass is 318 g/mol. The molecule has 3 nitrogen and oxygen atoms in total. The number of carbonyl (C=O) groups excluding carboxylic acids is 1. The van der Waals surface area contributed by atoms with Gasteiger partial charge in [-0.15, -0.1) is 0 Å². The first-order chi connectivity index (χ1) is 11.7. The van der Waals surface area contributed by atoms with Crippen LogP contribution in [0.3, 0.4) is 0 Å². The fourth-order valence-corrected chi connectivity index (χ4v) is 2.52. The third-order valence-corrected chi connectivity index (χ3v) is 3.72. The molecule has 0 unspecified atom stereocenters. The first kappa shape index (κ1) is 15.8. The molecule has 0 aromatic heterocycles. The van der Waals surface area contributed by atoms with E-state index in [1.807, 2.05) is 61.5 Å². The van der Waals surface area contributed by atoms with Crippen molar-refractivity contribution in [1.82, 2.24) is 0 Å². The van der Waals surface area contributed by atoms with Crippen LogP contribution in [-0.2, 0) is 4.79 Å². The number of hydrogen-bond acceptors (Lipinski definition) is 3. The molecule has 0 bridgehead atoms. The fraction of sp³-hybridized carbons (Fsp3) is 0.0952. The molecule has 0 fully saturated rings. The topological polar surface area (TPSA) is 35.5 Å². The number of ether oxygens (including phenoxy) is 2. The second-order valence-electron chi connectivity index (χ2n) is 5.51. The molecular formula is C21H18O3. The van der Waals surface area contributed by atoms with Gasteiger partial charge < -0.3 is 9.47 Å².